The summed E-state index contributed by atoms with van der Waals surface area (Å²) in [5.74, 6) is -1.36. The first-order valence-electron chi connectivity index (χ1n) is 8.99. The highest BCUT2D eigenvalue weighted by Crippen LogP contribution is 2.33. The number of anilines is 1. The third-order valence-corrected chi connectivity index (χ3v) is 5.01. The number of aliphatic carboxylic acids is 1. The van der Waals surface area contributed by atoms with Gasteiger partial charge in [-0.1, -0.05) is 25.3 Å². The predicted octanol–water partition coefficient (Wildman–Crippen LogP) is 2.80. The summed E-state index contributed by atoms with van der Waals surface area (Å²) < 4.78 is 0. The van der Waals surface area contributed by atoms with Crippen molar-refractivity contribution in [2.24, 2.45) is 11.8 Å². The number of carbonyl (C=O) groups is 3. The minimum atomic E-state index is -1.00. The van der Waals surface area contributed by atoms with Crippen LogP contribution in [0.4, 0.5) is 5.69 Å². The molecule has 2 saturated carbocycles. The highest BCUT2D eigenvalue weighted by Gasteiger charge is 2.37. The van der Waals surface area contributed by atoms with Gasteiger partial charge < -0.3 is 15.7 Å². The molecule has 0 heterocycles. The van der Waals surface area contributed by atoms with Gasteiger partial charge in [0, 0.05) is 17.2 Å². The number of hydrogen-bond donors (Lipinski definition) is 3. The van der Waals surface area contributed by atoms with Gasteiger partial charge >= 0.3 is 5.97 Å². The van der Waals surface area contributed by atoms with Crippen molar-refractivity contribution in [3.8, 4) is 0 Å². The van der Waals surface area contributed by atoms with Crippen LogP contribution in [0.15, 0.2) is 24.3 Å². The van der Waals surface area contributed by atoms with Gasteiger partial charge in [-0.25, -0.2) is 4.79 Å². The largest absolute Gasteiger partial charge is 0.480 e. The molecule has 2 aliphatic carbocycles. The second kappa shape index (κ2) is 7.68. The first-order chi connectivity index (χ1) is 12.0. The van der Waals surface area contributed by atoms with E-state index in [-0.39, 0.29) is 17.7 Å². The van der Waals surface area contributed by atoms with Crippen LogP contribution in [0.1, 0.15) is 55.3 Å². The Morgan fingerprint density at radius 1 is 1.04 bits per heavy atom. The number of hydrogen-bond acceptors (Lipinski definition) is 3. The molecule has 134 valence electrons. The average Bonchev–Trinajstić information content (AvgIpc) is 3.45. The molecule has 25 heavy (non-hydrogen) atoms. The van der Waals surface area contributed by atoms with Gasteiger partial charge in [-0.05, 0) is 49.8 Å². The molecule has 0 aliphatic heterocycles. The maximum absolute atomic E-state index is 12.3. The molecule has 0 spiro atoms. The summed E-state index contributed by atoms with van der Waals surface area (Å²) >= 11 is 0. The number of benzene rings is 1. The van der Waals surface area contributed by atoms with E-state index in [1.807, 2.05) is 0 Å². The van der Waals surface area contributed by atoms with Crippen LogP contribution >= 0.6 is 0 Å². The third-order valence-electron chi connectivity index (χ3n) is 5.01. The zero-order chi connectivity index (χ0) is 17.8. The molecule has 1 aromatic rings. The van der Waals surface area contributed by atoms with E-state index in [9.17, 15) is 19.5 Å². The lowest BCUT2D eigenvalue weighted by Crippen LogP contribution is -2.42. The van der Waals surface area contributed by atoms with Gasteiger partial charge in [0.15, 0.2) is 0 Å². The standard InChI is InChI=1S/C19H24N2O4/c22-17(13-5-2-1-3-6-13)20-15-8-4-7-14(11-15)18(23)21-16(19(24)25)12-9-10-12/h4,7-8,11-13,16H,1-3,5-6,9-10H2,(H,20,22)(H,21,23)(H,24,25). The van der Waals surface area contributed by atoms with Gasteiger partial charge in [0.1, 0.15) is 6.04 Å². The topological polar surface area (TPSA) is 95.5 Å². The molecule has 1 aromatic carbocycles. The summed E-state index contributed by atoms with van der Waals surface area (Å²) in [7, 11) is 0. The summed E-state index contributed by atoms with van der Waals surface area (Å²) in [6.07, 6.45) is 6.83. The molecule has 0 saturated heterocycles. The maximum Gasteiger partial charge on any atom is 0.326 e. The minimum absolute atomic E-state index is 0.00125. The van der Waals surface area contributed by atoms with Gasteiger partial charge in [0.2, 0.25) is 5.91 Å². The van der Waals surface area contributed by atoms with Gasteiger partial charge in [-0.2, -0.15) is 0 Å². The Kier molecular flexibility index (Phi) is 5.36. The Labute approximate surface area is 147 Å². The minimum Gasteiger partial charge on any atom is -0.480 e. The second-order valence-electron chi connectivity index (χ2n) is 7.03. The fourth-order valence-electron chi connectivity index (χ4n) is 3.38. The first-order valence-corrected chi connectivity index (χ1v) is 8.99. The third kappa shape index (κ3) is 4.59. The van der Waals surface area contributed by atoms with E-state index < -0.39 is 17.9 Å². The van der Waals surface area contributed by atoms with E-state index in [4.69, 9.17) is 0 Å². The Hall–Kier alpha value is -2.37. The van der Waals surface area contributed by atoms with Crippen molar-refractivity contribution in [2.45, 2.75) is 51.0 Å². The zero-order valence-corrected chi connectivity index (χ0v) is 14.2. The van der Waals surface area contributed by atoms with Crippen LogP contribution in [0.5, 0.6) is 0 Å². The smallest absolute Gasteiger partial charge is 0.326 e. The van der Waals surface area contributed by atoms with Gasteiger partial charge in [0.05, 0.1) is 0 Å². The van der Waals surface area contributed by atoms with Crippen molar-refractivity contribution in [3.05, 3.63) is 29.8 Å². The van der Waals surface area contributed by atoms with Gasteiger partial charge in [0.25, 0.3) is 5.91 Å². The highest BCUT2D eigenvalue weighted by molar-refractivity contribution is 5.99. The molecule has 1 unspecified atom stereocenters. The monoisotopic (exact) mass is 344 g/mol. The van der Waals surface area contributed by atoms with E-state index in [0.717, 1.165) is 38.5 Å². The van der Waals surface area contributed by atoms with Gasteiger partial charge in [-0.3, -0.25) is 9.59 Å². The summed E-state index contributed by atoms with van der Waals surface area (Å²) in [6.45, 7) is 0. The van der Waals surface area contributed by atoms with E-state index in [1.165, 1.54) is 6.42 Å². The van der Waals surface area contributed by atoms with E-state index in [1.54, 1.807) is 24.3 Å². The molecule has 0 radical (unpaired) electrons. The van der Waals surface area contributed by atoms with Crippen LogP contribution in [0, 0.1) is 11.8 Å². The molecule has 6 nitrogen and oxygen atoms in total. The van der Waals surface area contributed by atoms with Crippen LogP contribution in [0.3, 0.4) is 0 Å². The first kappa shape index (κ1) is 17.5. The quantitative estimate of drug-likeness (QED) is 0.739. The fraction of sp³-hybridized carbons (Fsp3) is 0.526. The molecule has 3 N–H and O–H groups in total. The Morgan fingerprint density at radius 3 is 2.40 bits per heavy atom. The normalized spacial score (nSPS) is 19.0. The Morgan fingerprint density at radius 2 is 1.76 bits per heavy atom. The van der Waals surface area contributed by atoms with E-state index >= 15 is 0 Å². The van der Waals surface area contributed by atoms with Crippen molar-refractivity contribution in [1.82, 2.24) is 5.32 Å². The highest BCUT2D eigenvalue weighted by atomic mass is 16.4. The van der Waals surface area contributed by atoms with E-state index in [2.05, 4.69) is 10.6 Å². The summed E-state index contributed by atoms with van der Waals surface area (Å²) in [4.78, 5) is 35.9. The van der Waals surface area contributed by atoms with Crippen LogP contribution < -0.4 is 10.6 Å². The average molecular weight is 344 g/mol. The molecule has 2 fully saturated rings. The van der Waals surface area contributed by atoms with Crippen molar-refractivity contribution in [2.75, 3.05) is 5.32 Å². The zero-order valence-electron chi connectivity index (χ0n) is 14.2. The SMILES string of the molecule is O=C(NC(C(=O)O)C1CC1)c1cccc(NC(=O)C2CCCCC2)c1. The molecule has 0 aromatic heterocycles. The van der Waals surface area contributed by atoms with Gasteiger partial charge in [-0.15, -0.1) is 0 Å². The van der Waals surface area contributed by atoms with Crippen LogP contribution in [0.25, 0.3) is 0 Å². The maximum atomic E-state index is 12.3. The summed E-state index contributed by atoms with van der Waals surface area (Å²) in [5, 5.41) is 14.7. The summed E-state index contributed by atoms with van der Waals surface area (Å²) in [6, 6.07) is 5.82. The molecule has 2 amide bonds. The molecular weight excluding hydrogens is 320 g/mol. The molecule has 6 heteroatoms. The van der Waals surface area contributed by atoms with Crippen molar-refractivity contribution in [3.63, 3.8) is 0 Å². The molecule has 1 atom stereocenters. The predicted molar refractivity (Wildman–Crippen MR) is 93.3 cm³/mol. The van der Waals surface area contributed by atoms with E-state index in [0.29, 0.717) is 11.3 Å². The number of carbonyl (C=O) groups excluding carboxylic acids is 2. The Balaban J connectivity index is 1.63. The number of carboxylic acids is 1. The summed E-state index contributed by atoms with van der Waals surface area (Å²) in [5.41, 5.74) is 0.926. The molecule has 0 bridgehead atoms. The molecule has 2 aliphatic rings. The number of carboxylic acid groups (broad SMARTS) is 1. The number of amides is 2. The molecular formula is C19H24N2O4. The number of rotatable bonds is 6. The van der Waals surface area contributed by atoms with Crippen molar-refractivity contribution < 1.29 is 19.5 Å². The van der Waals surface area contributed by atoms with Crippen LogP contribution in [0.2, 0.25) is 0 Å². The van der Waals surface area contributed by atoms with Crippen molar-refractivity contribution >= 4 is 23.5 Å². The fourth-order valence-corrected chi connectivity index (χ4v) is 3.38. The lowest BCUT2D eigenvalue weighted by Gasteiger charge is -2.21. The Bertz CT molecular complexity index is 663. The number of nitrogens with one attached hydrogen (secondary N) is 2. The van der Waals surface area contributed by atoms with Crippen LogP contribution in [-0.2, 0) is 9.59 Å². The van der Waals surface area contributed by atoms with Crippen molar-refractivity contribution in [1.29, 1.82) is 0 Å². The lowest BCUT2D eigenvalue weighted by molar-refractivity contribution is -0.139. The second-order valence-corrected chi connectivity index (χ2v) is 7.03. The lowest BCUT2D eigenvalue weighted by atomic mass is 9.88. The van der Waals surface area contributed by atoms with Crippen LogP contribution in [-0.4, -0.2) is 28.9 Å². The molecule has 3 rings (SSSR count).